The predicted molar refractivity (Wildman–Crippen MR) is 122 cm³/mol. The van der Waals surface area contributed by atoms with Crippen molar-refractivity contribution in [2.24, 2.45) is 0 Å². The van der Waals surface area contributed by atoms with Gasteiger partial charge in [-0.25, -0.2) is 4.79 Å². The molecule has 3 rings (SSSR count). The average molecular weight is 450 g/mol. The van der Waals surface area contributed by atoms with Crippen LogP contribution in [0.1, 0.15) is 38.5 Å². The van der Waals surface area contributed by atoms with Gasteiger partial charge in [-0.2, -0.15) is 0 Å². The van der Waals surface area contributed by atoms with Crippen molar-refractivity contribution in [3.63, 3.8) is 0 Å². The highest BCUT2D eigenvalue weighted by molar-refractivity contribution is 5.92. The van der Waals surface area contributed by atoms with E-state index < -0.39 is 5.97 Å². The molecule has 2 aromatic carbocycles. The first-order valence-electron chi connectivity index (χ1n) is 10.3. The minimum atomic E-state index is -0.399. The molecule has 1 N–H and O–H groups in total. The van der Waals surface area contributed by atoms with Crippen LogP contribution < -0.4 is 14.8 Å². The van der Waals surface area contributed by atoms with Gasteiger partial charge in [0.15, 0.2) is 11.5 Å². The van der Waals surface area contributed by atoms with Crippen molar-refractivity contribution in [2.75, 3.05) is 14.2 Å². The number of ether oxygens (including phenoxy) is 3. The molecule has 0 spiro atoms. The van der Waals surface area contributed by atoms with Crippen LogP contribution in [0.25, 0.3) is 6.08 Å². The van der Waals surface area contributed by atoms with Crippen molar-refractivity contribution in [1.82, 2.24) is 10.5 Å². The third-order valence-electron chi connectivity index (χ3n) is 5.01. The Morgan fingerprint density at radius 3 is 2.45 bits per heavy atom. The van der Waals surface area contributed by atoms with Crippen LogP contribution in [0.3, 0.4) is 0 Å². The number of rotatable bonds is 9. The minimum absolute atomic E-state index is 0.246. The first-order chi connectivity index (χ1) is 15.9. The molecule has 0 bridgehead atoms. The highest BCUT2D eigenvalue weighted by atomic mass is 16.5. The summed E-state index contributed by atoms with van der Waals surface area (Å²) < 4.78 is 21.1. The molecule has 0 radical (unpaired) electrons. The summed E-state index contributed by atoms with van der Waals surface area (Å²) in [6, 6.07) is 12.3. The zero-order valence-corrected chi connectivity index (χ0v) is 19.0. The van der Waals surface area contributed by atoms with Crippen LogP contribution in [0, 0.1) is 13.8 Å². The Balaban J connectivity index is 1.56. The Morgan fingerprint density at radius 2 is 1.82 bits per heavy atom. The number of carbonyl (C=O) groups excluding carboxylic acids is 2. The Hall–Kier alpha value is -4.07. The average Bonchev–Trinajstić information content (AvgIpc) is 3.16. The lowest BCUT2D eigenvalue weighted by atomic mass is 10.1. The minimum Gasteiger partial charge on any atom is -0.493 e. The van der Waals surface area contributed by atoms with Gasteiger partial charge in [0, 0.05) is 12.6 Å². The van der Waals surface area contributed by atoms with Gasteiger partial charge in [0.1, 0.15) is 12.4 Å². The molecule has 0 atom stereocenters. The number of aryl methyl sites for hydroxylation is 2. The lowest BCUT2D eigenvalue weighted by molar-refractivity contribution is -0.116. The maximum Gasteiger partial charge on any atom is 0.337 e. The fraction of sp³-hybridized carbons (Fsp3) is 0.240. The van der Waals surface area contributed by atoms with Crippen LogP contribution in [-0.4, -0.2) is 31.3 Å². The summed E-state index contributed by atoms with van der Waals surface area (Å²) in [5, 5.41) is 6.73. The molecule has 0 fully saturated rings. The van der Waals surface area contributed by atoms with Gasteiger partial charge in [0.05, 0.1) is 31.0 Å². The van der Waals surface area contributed by atoms with E-state index in [0.29, 0.717) is 30.2 Å². The van der Waals surface area contributed by atoms with E-state index in [9.17, 15) is 9.59 Å². The Kier molecular flexibility index (Phi) is 7.86. The number of methoxy groups -OCH3 is 2. The Bertz CT molecular complexity index is 1130. The van der Waals surface area contributed by atoms with Gasteiger partial charge in [-0.3, -0.25) is 4.79 Å². The molecule has 0 saturated carbocycles. The molecular formula is C25H26N2O6. The molecule has 0 aliphatic rings. The van der Waals surface area contributed by atoms with Gasteiger partial charge in [0.2, 0.25) is 5.91 Å². The van der Waals surface area contributed by atoms with E-state index in [1.54, 1.807) is 49.6 Å². The SMILES string of the molecule is COC(=O)c1ccc(CNC(=O)/C=C/c2ccc(OCc3c(C)noc3C)c(OC)c2)cc1. The number of aromatic nitrogens is 1. The molecule has 0 aliphatic heterocycles. The summed E-state index contributed by atoms with van der Waals surface area (Å²) >= 11 is 0. The fourth-order valence-corrected chi connectivity index (χ4v) is 3.06. The number of esters is 1. The van der Waals surface area contributed by atoms with Gasteiger partial charge >= 0.3 is 5.97 Å². The number of hydrogen-bond acceptors (Lipinski definition) is 7. The zero-order valence-electron chi connectivity index (χ0n) is 19.0. The highest BCUT2D eigenvalue weighted by Crippen LogP contribution is 2.30. The third-order valence-corrected chi connectivity index (χ3v) is 5.01. The van der Waals surface area contributed by atoms with Crippen LogP contribution >= 0.6 is 0 Å². The van der Waals surface area contributed by atoms with Gasteiger partial charge in [0.25, 0.3) is 0 Å². The predicted octanol–water partition coefficient (Wildman–Crippen LogP) is 4.00. The van der Waals surface area contributed by atoms with Crippen LogP contribution in [0.15, 0.2) is 53.1 Å². The number of hydrogen-bond donors (Lipinski definition) is 1. The summed E-state index contributed by atoms with van der Waals surface area (Å²) in [5.74, 6) is 1.20. The van der Waals surface area contributed by atoms with Gasteiger partial charge in [-0.05, 0) is 55.3 Å². The molecule has 1 amide bonds. The molecule has 0 unspecified atom stereocenters. The summed E-state index contributed by atoms with van der Waals surface area (Å²) in [7, 11) is 2.89. The van der Waals surface area contributed by atoms with E-state index in [-0.39, 0.29) is 5.91 Å². The maximum absolute atomic E-state index is 12.2. The monoisotopic (exact) mass is 450 g/mol. The van der Waals surface area contributed by atoms with E-state index >= 15 is 0 Å². The molecule has 33 heavy (non-hydrogen) atoms. The second kappa shape index (κ2) is 11.0. The van der Waals surface area contributed by atoms with Gasteiger partial charge in [-0.15, -0.1) is 0 Å². The molecule has 3 aromatic rings. The second-order valence-corrected chi connectivity index (χ2v) is 7.24. The van der Waals surface area contributed by atoms with Crippen molar-refractivity contribution >= 4 is 18.0 Å². The molecule has 8 heteroatoms. The Labute approximate surface area is 192 Å². The molecule has 0 aliphatic carbocycles. The standard InChI is InChI=1S/C25H26N2O6/c1-16-21(17(2)33-27-16)15-32-22-11-7-18(13-23(22)30-3)8-12-24(28)26-14-19-5-9-20(10-6-19)25(29)31-4/h5-13H,14-15H2,1-4H3,(H,26,28)/b12-8+. The fourth-order valence-electron chi connectivity index (χ4n) is 3.06. The summed E-state index contributed by atoms with van der Waals surface area (Å²) in [5.41, 5.74) is 3.80. The summed E-state index contributed by atoms with van der Waals surface area (Å²) in [6.45, 7) is 4.35. The second-order valence-electron chi connectivity index (χ2n) is 7.24. The molecule has 172 valence electrons. The van der Waals surface area contributed by atoms with Crippen LogP contribution in [0.5, 0.6) is 11.5 Å². The first kappa shape index (κ1) is 23.6. The lowest BCUT2D eigenvalue weighted by Gasteiger charge is -2.11. The van der Waals surface area contributed by atoms with E-state index in [1.807, 2.05) is 19.9 Å². The number of amides is 1. The molecular weight excluding hydrogens is 424 g/mol. The van der Waals surface area contributed by atoms with Crippen molar-refractivity contribution in [3.05, 3.63) is 82.2 Å². The topological polar surface area (TPSA) is 99.9 Å². The maximum atomic E-state index is 12.2. The van der Waals surface area contributed by atoms with E-state index in [4.69, 9.17) is 14.0 Å². The molecule has 1 heterocycles. The molecule has 0 saturated heterocycles. The van der Waals surface area contributed by atoms with Crippen molar-refractivity contribution in [2.45, 2.75) is 27.0 Å². The zero-order chi connectivity index (χ0) is 23.8. The summed E-state index contributed by atoms with van der Waals surface area (Å²) in [4.78, 5) is 23.7. The van der Waals surface area contributed by atoms with E-state index in [0.717, 1.165) is 28.1 Å². The molecule has 8 nitrogen and oxygen atoms in total. The van der Waals surface area contributed by atoms with Crippen LogP contribution in [0.2, 0.25) is 0 Å². The van der Waals surface area contributed by atoms with Crippen LogP contribution in [0.4, 0.5) is 0 Å². The third kappa shape index (κ3) is 6.22. The number of benzene rings is 2. The summed E-state index contributed by atoms with van der Waals surface area (Å²) in [6.07, 6.45) is 3.14. The normalized spacial score (nSPS) is 10.8. The number of nitrogens with zero attached hydrogens (tertiary/aromatic N) is 1. The highest BCUT2D eigenvalue weighted by Gasteiger charge is 2.12. The van der Waals surface area contributed by atoms with Crippen molar-refractivity contribution in [3.8, 4) is 11.5 Å². The lowest BCUT2D eigenvalue weighted by Crippen LogP contribution is -2.20. The van der Waals surface area contributed by atoms with E-state index in [1.165, 1.54) is 13.2 Å². The smallest absolute Gasteiger partial charge is 0.337 e. The quantitative estimate of drug-likeness (QED) is 0.389. The first-order valence-corrected chi connectivity index (χ1v) is 10.3. The van der Waals surface area contributed by atoms with Crippen molar-refractivity contribution in [1.29, 1.82) is 0 Å². The van der Waals surface area contributed by atoms with Crippen molar-refractivity contribution < 1.29 is 28.3 Å². The van der Waals surface area contributed by atoms with Gasteiger partial charge < -0.3 is 24.1 Å². The number of nitrogens with one attached hydrogen (secondary N) is 1. The van der Waals surface area contributed by atoms with E-state index in [2.05, 4.69) is 15.2 Å². The van der Waals surface area contributed by atoms with Gasteiger partial charge in [-0.1, -0.05) is 23.4 Å². The van der Waals surface area contributed by atoms with Crippen LogP contribution in [-0.2, 0) is 22.7 Å². The molecule has 1 aromatic heterocycles. The Morgan fingerprint density at radius 1 is 1.06 bits per heavy atom. The number of carbonyl (C=O) groups is 2. The largest absolute Gasteiger partial charge is 0.493 e.